The number of hydrogen-bond acceptors (Lipinski definition) is 2. The van der Waals surface area contributed by atoms with Crippen molar-refractivity contribution in [3.05, 3.63) is 22.4 Å². The lowest BCUT2D eigenvalue weighted by Crippen LogP contribution is -2.05. The monoisotopic (exact) mass is 199 g/mol. The SMILES string of the molecule is CC.CCC(CCN)c1cccs1. The third kappa shape index (κ3) is 4.44. The molecule has 0 bridgehead atoms. The lowest BCUT2D eigenvalue weighted by atomic mass is 10.0. The molecule has 0 aromatic carbocycles. The molecule has 0 radical (unpaired) electrons. The molecule has 0 spiro atoms. The predicted octanol–water partition coefficient (Wildman–Crippen LogP) is 3.62. The number of rotatable bonds is 4. The van der Waals surface area contributed by atoms with Gasteiger partial charge in [0.15, 0.2) is 0 Å². The van der Waals surface area contributed by atoms with Gasteiger partial charge in [0.1, 0.15) is 0 Å². The first-order valence-electron chi connectivity index (χ1n) is 5.12. The Labute approximate surface area is 86.0 Å². The van der Waals surface area contributed by atoms with E-state index < -0.39 is 0 Å². The Morgan fingerprint density at radius 3 is 2.54 bits per heavy atom. The highest BCUT2D eigenvalue weighted by molar-refractivity contribution is 7.10. The van der Waals surface area contributed by atoms with Crippen molar-refractivity contribution in [1.29, 1.82) is 0 Å². The van der Waals surface area contributed by atoms with Crippen molar-refractivity contribution < 1.29 is 0 Å². The smallest absolute Gasteiger partial charge is 0.00765 e. The minimum Gasteiger partial charge on any atom is -0.330 e. The van der Waals surface area contributed by atoms with Gasteiger partial charge in [-0.15, -0.1) is 11.3 Å². The Balaban J connectivity index is 0.000000671. The molecular formula is C11H21NS. The molecule has 1 aromatic rings. The normalized spacial score (nSPS) is 11.7. The first-order chi connectivity index (χ1) is 6.38. The molecule has 1 atom stereocenters. The molecule has 0 aliphatic carbocycles. The van der Waals surface area contributed by atoms with E-state index >= 15 is 0 Å². The second kappa shape index (κ2) is 8.27. The molecule has 0 saturated carbocycles. The van der Waals surface area contributed by atoms with Crippen LogP contribution in [0.25, 0.3) is 0 Å². The highest BCUT2D eigenvalue weighted by Crippen LogP contribution is 2.26. The van der Waals surface area contributed by atoms with Crippen LogP contribution in [0.2, 0.25) is 0 Å². The van der Waals surface area contributed by atoms with Crippen LogP contribution in [0, 0.1) is 0 Å². The van der Waals surface area contributed by atoms with Gasteiger partial charge in [-0.25, -0.2) is 0 Å². The van der Waals surface area contributed by atoms with Crippen LogP contribution in [0.4, 0.5) is 0 Å². The largest absolute Gasteiger partial charge is 0.330 e. The van der Waals surface area contributed by atoms with Crippen molar-refractivity contribution in [1.82, 2.24) is 0 Å². The molecular weight excluding hydrogens is 178 g/mol. The molecule has 1 unspecified atom stereocenters. The molecule has 76 valence electrons. The topological polar surface area (TPSA) is 26.0 Å². The van der Waals surface area contributed by atoms with Crippen molar-refractivity contribution in [3.8, 4) is 0 Å². The first kappa shape index (κ1) is 12.7. The summed E-state index contributed by atoms with van der Waals surface area (Å²) in [6.45, 7) is 7.02. The average molecular weight is 199 g/mol. The molecule has 0 aliphatic heterocycles. The summed E-state index contributed by atoms with van der Waals surface area (Å²) in [5.74, 6) is 0.694. The minimum atomic E-state index is 0.694. The van der Waals surface area contributed by atoms with Gasteiger partial charge in [-0.05, 0) is 36.8 Å². The fourth-order valence-electron chi connectivity index (χ4n) is 1.27. The predicted molar refractivity (Wildman–Crippen MR) is 62.4 cm³/mol. The van der Waals surface area contributed by atoms with E-state index in [1.807, 2.05) is 25.2 Å². The zero-order valence-corrected chi connectivity index (χ0v) is 9.73. The second-order valence-corrected chi connectivity index (χ2v) is 3.68. The van der Waals surface area contributed by atoms with E-state index in [-0.39, 0.29) is 0 Å². The summed E-state index contributed by atoms with van der Waals surface area (Å²) in [7, 11) is 0. The van der Waals surface area contributed by atoms with Crippen molar-refractivity contribution >= 4 is 11.3 Å². The van der Waals surface area contributed by atoms with E-state index in [4.69, 9.17) is 5.73 Å². The van der Waals surface area contributed by atoms with Crippen LogP contribution in [-0.4, -0.2) is 6.54 Å². The number of thiophene rings is 1. The average Bonchev–Trinajstić information content (AvgIpc) is 2.70. The van der Waals surface area contributed by atoms with Crippen LogP contribution in [0.3, 0.4) is 0 Å². The molecule has 0 saturated heterocycles. The molecule has 1 rings (SSSR count). The Bertz CT molecular complexity index is 182. The summed E-state index contributed by atoms with van der Waals surface area (Å²) in [5, 5.41) is 2.13. The summed E-state index contributed by atoms with van der Waals surface area (Å²) in [4.78, 5) is 1.48. The summed E-state index contributed by atoms with van der Waals surface area (Å²) in [5.41, 5.74) is 5.52. The van der Waals surface area contributed by atoms with E-state index in [0.29, 0.717) is 5.92 Å². The highest BCUT2D eigenvalue weighted by Gasteiger charge is 2.07. The minimum absolute atomic E-state index is 0.694. The molecule has 13 heavy (non-hydrogen) atoms. The number of hydrogen-bond donors (Lipinski definition) is 1. The second-order valence-electron chi connectivity index (χ2n) is 2.70. The quantitative estimate of drug-likeness (QED) is 0.787. The van der Waals surface area contributed by atoms with E-state index in [0.717, 1.165) is 13.0 Å². The maximum atomic E-state index is 5.52. The summed E-state index contributed by atoms with van der Waals surface area (Å²) in [6.07, 6.45) is 2.33. The first-order valence-corrected chi connectivity index (χ1v) is 6.00. The van der Waals surface area contributed by atoms with E-state index in [1.54, 1.807) is 0 Å². The Hall–Kier alpha value is -0.340. The lowest BCUT2D eigenvalue weighted by Gasteiger charge is -2.10. The highest BCUT2D eigenvalue weighted by atomic mass is 32.1. The molecule has 0 amide bonds. The molecule has 1 nitrogen and oxygen atoms in total. The molecule has 0 aliphatic rings. The zero-order chi connectivity index (χ0) is 10.1. The fourth-order valence-corrected chi connectivity index (χ4v) is 2.22. The Morgan fingerprint density at radius 1 is 1.46 bits per heavy atom. The van der Waals surface area contributed by atoms with E-state index in [2.05, 4.69) is 24.4 Å². The van der Waals surface area contributed by atoms with Gasteiger partial charge in [0.2, 0.25) is 0 Å². The third-order valence-corrected chi connectivity index (χ3v) is 2.99. The van der Waals surface area contributed by atoms with Crippen LogP contribution in [-0.2, 0) is 0 Å². The maximum Gasteiger partial charge on any atom is 0.00765 e. The van der Waals surface area contributed by atoms with Crippen LogP contribution in [0.15, 0.2) is 17.5 Å². The van der Waals surface area contributed by atoms with Gasteiger partial charge < -0.3 is 5.73 Å². The van der Waals surface area contributed by atoms with Crippen molar-refractivity contribution in [2.45, 2.75) is 39.5 Å². The lowest BCUT2D eigenvalue weighted by molar-refractivity contribution is 0.624. The van der Waals surface area contributed by atoms with Gasteiger partial charge >= 0.3 is 0 Å². The van der Waals surface area contributed by atoms with E-state index in [1.165, 1.54) is 11.3 Å². The molecule has 0 fully saturated rings. The van der Waals surface area contributed by atoms with Crippen LogP contribution in [0.1, 0.15) is 44.4 Å². The molecule has 1 heterocycles. The maximum absolute atomic E-state index is 5.52. The van der Waals surface area contributed by atoms with Crippen LogP contribution in [0.5, 0.6) is 0 Å². The molecule has 2 heteroatoms. The van der Waals surface area contributed by atoms with Crippen LogP contribution >= 0.6 is 11.3 Å². The van der Waals surface area contributed by atoms with Crippen molar-refractivity contribution in [2.24, 2.45) is 5.73 Å². The van der Waals surface area contributed by atoms with Gasteiger partial charge in [-0.3, -0.25) is 0 Å². The van der Waals surface area contributed by atoms with Gasteiger partial charge in [-0.2, -0.15) is 0 Å². The number of nitrogens with two attached hydrogens (primary N) is 1. The summed E-state index contributed by atoms with van der Waals surface area (Å²) < 4.78 is 0. The van der Waals surface area contributed by atoms with Gasteiger partial charge in [0.05, 0.1) is 0 Å². The Kier molecular flexibility index (Phi) is 8.05. The van der Waals surface area contributed by atoms with Crippen molar-refractivity contribution in [3.63, 3.8) is 0 Å². The van der Waals surface area contributed by atoms with Crippen molar-refractivity contribution in [2.75, 3.05) is 6.54 Å². The van der Waals surface area contributed by atoms with E-state index in [9.17, 15) is 0 Å². The van der Waals surface area contributed by atoms with Gasteiger partial charge in [0, 0.05) is 4.88 Å². The third-order valence-electron chi connectivity index (χ3n) is 1.95. The van der Waals surface area contributed by atoms with Crippen LogP contribution < -0.4 is 5.73 Å². The van der Waals surface area contributed by atoms with Gasteiger partial charge in [0.25, 0.3) is 0 Å². The Morgan fingerprint density at radius 2 is 2.15 bits per heavy atom. The summed E-state index contributed by atoms with van der Waals surface area (Å²) in [6, 6.07) is 4.31. The zero-order valence-electron chi connectivity index (χ0n) is 8.92. The standard InChI is InChI=1S/C9H15NS.C2H6/c1-2-8(5-6-10)9-4-3-7-11-9;1-2/h3-4,7-8H,2,5-6,10H2,1H3;1-2H3. The fraction of sp³-hybridized carbons (Fsp3) is 0.636. The summed E-state index contributed by atoms with van der Waals surface area (Å²) >= 11 is 1.84. The molecule has 1 aromatic heterocycles. The van der Waals surface area contributed by atoms with Gasteiger partial charge in [-0.1, -0.05) is 26.8 Å². The molecule has 2 N–H and O–H groups in total.